The molecule has 0 radical (unpaired) electrons. The van der Waals surface area contributed by atoms with Crippen molar-refractivity contribution in [2.24, 2.45) is 0 Å². The van der Waals surface area contributed by atoms with Crippen molar-refractivity contribution < 1.29 is 21.1 Å². The first-order valence-corrected chi connectivity index (χ1v) is 16.3. The third-order valence-electron chi connectivity index (χ3n) is 6.10. The Bertz CT molecular complexity index is 1190. The molecule has 0 aliphatic carbocycles. The molecule has 0 N–H and O–H groups in total. The molecule has 0 heterocycles. The van der Waals surface area contributed by atoms with E-state index in [1.165, 1.54) is 21.2 Å². The molecule has 0 nitrogen and oxygen atoms in total. The molecule has 3 heteroatoms. The van der Waals surface area contributed by atoms with Crippen LogP contribution in [0.15, 0.2) is 182 Å². The van der Waals surface area contributed by atoms with Crippen molar-refractivity contribution in [3.63, 3.8) is 0 Å². The van der Waals surface area contributed by atoms with Crippen molar-refractivity contribution >= 4 is 37.1 Å². The van der Waals surface area contributed by atoms with E-state index in [0.29, 0.717) is 5.40 Å². The Balaban J connectivity index is 0.000000293. The summed E-state index contributed by atoms with van der Waals surface area (Å²) < 4.78 is 0. The predicted molar refractivity (Wildman–Crippen MR) is 178 cm³/mol. The number of rotatable bonds is 6. The van der Waals surface area contributed by atoms with Gasteiger partial charge in [0.1, 0.15) is 0 Å². The molecule has 0 fully saturated rings. The van der Waals surface area contributed by atoms with Gasteiger partial charge < -0.3 is 0 Å². The van der Waals surface area contributed by atoms with Crippen LogP contribution in [-0.4, -0.2) is 5.40 Å². The quantitative estimate of drug-likeness (QED) is 0.118. The van der Waals surface area contributed by atoms with Crippen molar-refractivity contribution in [2.45, 2.75) is 12.3 Å². The van der Waals surface area contributed by atoms with E-state index < -0.39 is 15.8 Å². The summed E-state index contributed by atoms with van der Waals surface area (Å²) in [5.74, 6) is 0. The fourth-order valence-corrected chi connectivity index (χ4v) is 11.1. The largest absolute Gasteiger partial charge is 2.00 e. The molecule has 6 rings (SSSR count). The zero-order chi connectivity index (χ0) is 27.7. The minimum absolute atomic E-state index is 0. The van der Waals surface area contributed by atoms with Crippen LogP contribution in [0.1, 0.15) is 6.92 Å². The Morgan fingerprint density at radius 3 is 0.756 bits per heavy atom. The van der Waals surface area contributed by atoms with Crippen LogP contribution in [0.4, 0.5) is 0 Å². The van der Waals surface area contributed by atoms with Crippen molar-refractivity contribution in [1.29, 1.82) is 0 Å². The van der Waals surface area contributed by atoms with Crippen molar-refractivity contribution in [2.75, 3.05) is 0 Å². The van der Waals surface area contributed by atoms with Gasteiger partial charge in [0.2, 0.25) is 0 Å². The monoisotopic (exact) mass is 747 g/mol. The molecule has 0 aliphatic heterocycles. The second-order valence-electron chi connectivity index (χ2n) is 8.87. The number of benzene rings is 6. The minimum Gasteiger partial charge on any atom is -0.184 e. The molecule has 41 heavy (non-hydrogen) atoms. The molecule has 0 aliphatic rings. The molecular formula is C38H34P2Pt. The average Bonchev–Trinajstić information content (AvgIpc) is 3.06. The van der Waals surface area contributed by atoms with Gasteiger partial charge in [0, 0.05) is 5.40 Å². The third kappa shape index (κ3) is 10.7. The molecule has 6 aromatic carbocycles. The Morgan fingerprint density at radius 2 is 0.585 bits per heavy atom. The van der Waals surface area contributed by atoms with Crippen LogP contribution in [0.25, 0.3) is 0 Å². The smallest absolute Gasteiger partial charge is 0.184 e. The van der Waals surface area contributed by atoms with Crippen molar-refractivity contribution in [3.05, 3.63) is 194 Å². The summed E-state index contributed by atoms with van der Waals surface area (Å²) in [6, 6.07) is 69.3. The van der Waals surface area contributed by atoms with Gasteiger partial charge in [-0.2, -0.15) is 72.8 Å². The van der Waals surface area contributed by atoms with Gasteiger partial charge in [0.05, 0.1) is 0 Å². The van der Waals surface area contributed by atoms with Crippen LogP contribution in [-0.2, 0) is 21.1 Å². The van der Waals surface area contributed by atoms with Gasteiger partial charge in [-0.15, -0.1) is 0 Å². The summed E-state index contributed by atoms with van der Waals surface area (Å²) in [7, 11) is -0.940. The zero-order valence-corrected chi connectivity index (χ0v) is 27.2. The summed E-state index contributed by atoms with van der Waals surface area (Å²) in [6.07, 6.45) is 0. The molecule has 0 saturated heterocycles. The molecule has 206 valence electrons. The van der Waals surface area contributed by atoms with E-state index in [1.807, 2.05) is 60.7 Å². The fourth-order valence-electron chi connectivity index (χ4n) is 4.31. The van der Waals surface area contributed by atoms with Crippen LogP contribution in [0.2, 0.25) is 0 Å². The molecule has 0 saturated carbocycles. The summed E-state index contributed by atoms with van der Waals surface area (Å²) in [4.78, 5) is 0. The van der Waals surface area contributed by atoms with E-state index in [2.05, 4.69) is 140 Å². The van der Waals surface area contributed by atoms with Gasteiger partial charge in [-0.1, -0.05) is 128 Å². The van der Waals surface area contributed by atoms with E-state index in [-0.39, 0.29) is 21.1 Å². The van der Waals surface area contributed by atoms with Crippen LogP contribution in [0.5, 0.6) is 0 Å². The number of hydrogen-bond acceptors (Lipinski definition) is 0. The molecule has 0 bridgehead atoms. The standard InChI is InChI=1S/C26H24P2.2C6H5.Pt/c1-22(27(23-14-6-2-7-15-23)24-16-8-3-9-17-24)28(25-18-10-4-11-19-25)26-20-12-5-13-21-26;2*1-2-4-6-5-3-1;/h2-22H,1H3;2*1-5H;/q;2*-1;+2. The van der Waals surface area contributed by atoms with E-state index in [4.69, 9.17) is 0 Å². The van der Waals surface area contributed by atoms with E-state index in [1.54, 1.807) is 0 Å². The number of hydrogen-bond donors (Lipinski definition) is 0. The molecule has 0 unspecified atom stereocenters. The molecule has 0 atom stereocenters. The van der Waals surface area contributed by atoms with Gasteiger partial charge in [-0.05, 0) is 37.1 Å². The molecule has 0 amide bonds. The maximum atomic E-state index is 2.89. The maximum Gasteiger partial charge on any atom is 2.00 e. The molecule has 6 aromatic rings. The maximum absolute atomic E-state index is 2.89. The van der Waals surface area contributed by atoms with Gasteiger partial charge >= 0.3 is 21.1 Å². The van der Waals surface area contributed by atoms with Crippen molar-refractivity contribution in [3.8, 4) is 0 Å². The summed E-state index contributed by atoms with van der Waals surface area (Å²) >= 11 is 0. The van der Waals surface area contributed by atoms with Crippen molar-refractivity contribution in [1.82, 2.24) is 0 Å². The Hall–Kier alpha value is -3.13. The predicted octanol–water partition coefficient (Wildman–Crippen LogP) is 8.57. The van der Waals surface area contributed by atoms with Crippen LogP contribution < -0.4 is 21.2 Å². The van der Waals surface area contributed by atoms with E-state index >= 15 is 0 Å². The average molecular weight is 748 g/mol. The second kappa shape index (κ2) is 19.1. The fraction of sp³-hybridized carbons (Fsp3) is 0.0526. The second-order valence-corrected chi connectivity index (χ2v) is 14.4. The topological polar surface area (TPSA) is 0 Å². The minimum atomic E-state index is -0.470. The third-order valence-corrected chi connectivity index (χ3v) is 12.4. The van der Waals surface area contributed by atoms with Gasteiger partial charge in [0.25, 0.3) is 0 Å². The SMILES string of the molecule is CC(P(c1ccccc1)c1ccccc1)P(c1ccccc1)c1ccccc1.[Pt+2].[c-]1ccccc1.[c-]1ccccc1. The zero-order valence-electron chi connectivity index (χ0n) is 23.1. The summed E-state index contributed by atoms with van der Waals surface area (Å²) in [5, 5.41) is 6.34. The Kier molecular flexibility index (Phi) is 15.1. The first-order valence-electron chi connectivity index (χ1n) is 13.5. The van der Waals surface area contributed by atoms with Gasteiger partial charge in [-0.25, -0.2) is 0 Å². The van der Waals surface area contributed by atoms with Crippen LogP contribution in [0.3, 0.4) is 0 Å². The Morgan fingerprint density at radius 1 is 0.366 bits per heavy atom. The first-order chi connectivity index (χ1) is 19.8. The normalized spacial score (nSPS) is 10.0. The van der Waals surface area contributed by atoms with Gasteiger partial charge in [0.15, 0.2) is 0 Å². The van der Waals surface area contributed by atoms with Gasteiger partial charge in [-0.3, -0.25) is 0 Å². The summed E-state index contributed by atoms with van der Waals surface area (Å²) in [6.45, 7) is 2.46. The van der Waals surface area contributed by atoms with E-state index in [9.17, 15) is 0 Å². The molecule has 0 aromatic heterocycles. The summed E-state index contributed by atoms with van der Waals surface area (Å²) in [5.41, 5.74) is 0. The molecular weight excluding hydrogens is 713 g/mol. The first kappa shape index (κ1) is 32.4. The molecule has 0 spiro atoms. The van der Waals surface area contributed by atoms with Crippen LogP contribution >= 0.6 is 15.8 Å². The van der Waals surface area contributed by atoms with E-state index in [0.717, 1.165) is 0 Å². The van der Waals surface area contributed by atoms with Crippen LogP contribution in [0, 0.1) is 12.1 Å². The Labute approximate surface area is 263 Å².